The van der Waals surface area contributed by atoms with E-state index in [4.69, 9.17) is 4.42 Å². The third-order valence-corrected chi connectivity index (χ3v) is 4.41. The molecule has 1 aromatic heterocycles. The predicted molar refractivity (Wildman–Crippen MR) is 81.5 cm³/mol. The second kappa shape index (κ2) is 5.97. The second-order valence-electron chi connectivity index (χ2n) is 5.51. The first kappa shape index (κ1) is 15.1. The largest absolute Gasteiger partial charge is 0.459 e. The summed E-state index contributed by atoms with van der Waals surface area (Å²) < 4.78 is 28.2. The highest BCUT2D eigenvalue weighted by molar-refractivity contribution is 7.90. The van der Waals surface area contributed by atoms with Crippen molar-refractivity contribution >= 4 is 20.8 Å². The van der Waals surface area contributed by atoms with E-state index in [1.54, 1.807) is 0 Å². The summed E-state index contributed by atoms with van der Waals surface area (Å²) in [5.74, 6) is 1.15. The summed E-state index contributed by atoms with van der Waals surface area (Å²) in [5.41, 5.74) is 0.875. The van der Waals surface area contributed by atoms with Crippen LogP contribution in [0.15, 0.2) is 34.7 Å². The summed E-state index contributed by atoms with van der Waals surface area (Å²) in [5, 5.41) is 4.41. The van der Waals surface area contributed by atoms with E-state index in [9.17, 15) is 8.42 Å². The normalized spacial score (nSPS) is 15.3. The Morgan fingerprint density at radius 2 is 1.95 bits per heavy atom. The zero-order valence-corrected chi connectivity index (χ0v) is 12.9. The number of benzene rings is 1. The number of furan rings is 1. The lowest BCUT2D eigenvalue weighted by molar-refractivity contribution is 0.426. The lowest BCUT2D eigenvalue weighted by Crippen LogP contribution is -2.28. The van der Waals surface area contributed by atoms with Gasteiger partial charge < -0.3 is 9.73 Å². The molecule has 0 spiro atoms. The molecule has 1 heterocycles. The van der Waals surface area contributed by atoms with E-state index in [1.807, 2.05) is 44.2 Å². The third kappa shape index (κ3) is 4.08. The van der Waals surface area contributed by atoms with Gasteiger partial charge in [-0.05, 0) is 31.5 Å². The summed E-state index contributed by atoms with van der Waals surface area (Å²) >= 11 is 0. The van der Waals surface area contributed by atoms with E-state index in [-0.39, 0.29) is 17.7 Å². The van der Waals surface area contributed by atoms with Crippen LogP contribution < -0.4 is 5.32 Å². The van der Waals surface area contributed by atoms with E-state index in [0.29, 0.717) is 6.54 Å². The molecule has 5 heteroatoms. The van der Waals surface area contributed by atoms with E-state index in [0.717, 1.165) is 16.7 Å². The minimum Gasteiger partial charge on any atom is -0.459 e. The molecule has 0 saturated carbocycles. The Labute approximate surface area is 120 Å². The van der Waals surface area contributed by atoms with E-state index in [1.165, 1.54) is 6.26 Å². The molecule has 0 aliphatic rings. The van der Waals surface area contributed by atoms with Gasteiger partial charge in [0.2, 0.25) is 0 Å². The van der Waals surface area contributed by atoms with Crippen LogP contribution in [0.5, 0.6) is 0 Å². The Kier molecular flexibility index (Phi) is 4.50. The minimum absolute atomic E-state index is 0.0596. The maximum Gasteiger partial charge on any atom is 0.147 e. The predicted octanol–water partition coefficient (Wildman–Crippen LogP) is 2.76. The van der Waals surface area contributed by atoms with Crippen LogP contribution in [-0.4, -0.2) is 27.0 Å². The third-order valence-electron chi connectivity index (χ3n) is 3.23. The number of rotatable bonds is 6. The van der Waals surface area contributed by atoms with Gasteiger partial charge in [-0.2, -0.15) is 0 Å². The average molecular weight is 295 g/mol. The quantitative estimate of drug-likeness (QED) is 0.890. The fraction of sp³-hybridized carbons (Fsp3) is 0.467. The fourth-order valence-corrected chi connectivity index (χ4v) is 3.42. The minimum atomic E-state index is -2.92. The van der Waals surface area contributed by atoms with Gasteiger partial charge in [0, 0.05) is 11.6 Å². The summed E-state index contributed by atoms with van der Waals surface area (Å²) in [7, 11) is -2.92. The molecule has 0 radical (unpaired) electrons. The highest BCUT2D eigenvalue weighted by atomic mass is 32.2. The maximum absolute atomic E-state index is 11.2. The lowest BCUT2D eigenvalue weighted by Gasteiger charge is -2.15. The Hall–Kier alpha value is -1.33. The van der Waals surface area contributed by atoms with Crippen molar-refractivity contribution in [2.45, 2.75) is 19.9 Å². The first-order valence-corrected chi connectivity index (χ1v) is 8.81. The highest BCUT2D eigenvalue weighted by Crippen LogP contribution is 2.23. The van der Waals surface area contributed by atoms with Crippen molar-refractivity contribution in [1.82, 2.24) is 5.32 Å². The molecule has 4 nitrogen and oxygen atoms in total. The number of fused-ring (bicyclic) bond motifs is 1. The van der Waals surface area contributed by atoms with Gasteiger partial charge >= 0.3 is 0 Å². The molecule has 0 unspecified atom stereocenters. The number of nitrogens with one attached hydrogen (secondary N) is 1. The number of hydrogen-bond donors (Lipinski definition) is 1. The first-order chi connectivity index (χ1) is 9.35. The van der Waals surface area contributed by atoms with Crippen LogP contribution >= 0.6 is 0 Å². The lowest BCUT2D eigenvalue weighted by atomic mass is 10.2. The number of hydrogen-bond acceptors (Lipinski definition) is 4. The van der Waals surface area contributed by atoms with E-state index < -0.39 is 9.84 Å². The van der Waals surface area contributed by atoms with Crippen molar-refractivity contribution in [3.05, 3.63) is 36.1 Å². The molecule has 1 N–H and O–H groups in total. The highest BCUT2D eigenvalue weighted by Gasteiger charge is 2.14. The molecule has 0 aliphatic heterocycles. The summed E-state index contributed by atoms with van der Waals surface area (Å²) in [6, 6.07) is 9.97. The van der Waals surface area contributed by atoms with Crippen LogP contribution in [0.4, 0.5) is 0 Å². The van der Waals surface area contributed by atoms with Crippen LogP contribution in [0.3, 0.4) is 0 Å². The zero-order chi connectivity index (χ0) is 14.8. The van der Waals surface area contributed by atoms with Crippen molar-refractivity contribution in [2.75, 3.05) is 18.6 Å². The van der Waals surface area contributed by atoms with Gasteiger partial charge in [0.1, 0.15) is 21.2 Å². The van der Waals surface area contributed by atoms with Gasteiger partial charge in [0.25, 0.3) is 0 Å². The van der Waals surface area contributed by atoms with Crippen molar-refractivity contribution in [1.29, 1.82) is 0 Å². The van der Waals surface area contributed by atoms with Gasteiger partial charge in [-0.25, -0.2) is 8.42 Å². The number of sulfone groups is 1. The standard InChI is InChI=1S/C15H21NO3S/c1-11(10-20(3,17)18)9-16-12(2)15-8-13-6-4-5-7-14(13)19-15/h4-8,11-12,16H,9-10H2,1-3H3/t11-,12-/m1/s1. The molecule has 1 aromatic carbocycles. The van der Waals surface area contributed by atoms with Crippen molar-refractivity contribution in [3.63, 3.8) is 0 Å². The van der Waals surface area contributed by atoms with Crippen LogP contribution in [0.1, 0.15) is 25.6 Å². The Bertz CT molecular complexity index is 642. The van der Waals surface area contributed by atoms with Gasteiger partial charge in [-0.3, -0.25) is 0 Å². The first-order valence-electron chi connectivity index (χ1n) is 6.75. The zero-order valence-electron chi connectivity index (χ0n) is 12.1. The topological polar surface area (TPSA) is 59.3 Å². The van der Waals surface area contributed by atoms with Gasteiger partial charge in [0.05, 0.1) is 11.8 Å². The SMILES string of the molecule is C[C@H](CN[C@H](C)c1cc2ccccc2o1)CS(C)(=O)=O. The molecule has 2 aromatic rings. The van der Waals surface area contributed by atoms with E-state index >= 15 is 0 Å². The molecule has 0 fully saturated rings. The smallest absolute Gasteiger partial charge is 0.147 e. The molecule has 2 rings (SSSR count). The molecule has 2 atom stereocenters. The molecule has 110 valence electrons. The molecular formula is C15H21NO3S. The second-order valence-corrected chi connectivity index (χ2v) is 7.70. The Morgan fingerprint density at radius 3 is 2.60 bits per heavy atom. The van der Waals surface area contributed by atoms with Crippen LogP contribution in [0.2, 0.25) is 0 Å². The fourth-order valence-electron chi connectivity index (χ4n) is 2.27. The van der Waals surface area contributed by atoms with Crippen LogP contribution in [0, 0.1) is 5.92 Å². The average Bonchev–Trinajstić information content (AvgIpc) is 2.77. The van der Waals surface area contributed by atoms with Crippen LogP contribution in [-0.2, 0) is 9.84 Å². The molecule has 20 heavy (non-hydrogen) atoms. The molecule has 0 aliphatic carbocycles. The van der Waals surface area contributed by atoms with E-state index in [2.05, 4.69) is 5.32 Å². The van der Waals surface area contributed by atoms with Gasteiger partial charge in [-0.1, -0.05) is 25.1 Å². The van der Waals surface area contributed by atoms with Gasteiger partial charge in [-0.15, -0.1) is 0 Å². The number of para-hydroxylation sites is 1. The summed E-state index contributed by atoms with van der Waals surface area (Å²) in [6.45, 7) is 4.59. The maximum atomic E-state index is 11.2. The van der Waals surface area contributed by atoms with Gasteiger partial charge in [0.15, 0.2) is 0 Å². The van der Waals surface area contributed by atoms with Crippen molar-refractivity contribution in [2.24, 2.45) is 5.92 Å². The molecule has 0 amide bonds. The molecular weight excluding hydrogens is 274 g/mol. The molecule has 0 bridgehead atoms. The summed E-state index contributed by atoms with van der Waals surface area (Å²) in [4.78, 5) is 0. The molecule has 0 saturated heterocycles. The monoisotopic (exact) mass is 295 g/mol. The summed E-state index contributed by atoms with van der Waals surface area (Å²) in [6.07, 6.45) is 1.27. The van der Waals surface area contributed by atoms with Crippen LogP contribution in [0.25, 0.3) is 11.0 Å². The van der Waals surface area contributed by atoms with Crippen molar-refractivity contribution in [3.8, 4) is 0 Å². The van der Waals surface area contributed by atoms with Crippen molar-refractivity contribution < 1.29 is 12.8 Å². The Balaban J connectivity index is 1.96. The Morgan fingerprint density at radius 1 is 1.25 bits per heavy atom.